The largest absolute Gasteiger partial charge is 0.391 e. The highest BCUT2D eigenvalue weighted by molar-refractivity contribution is 5.37. The molecule has 0 saturated carbocycles. The maximum absolute atomic E-state index is 12.1. The highest BCUT2D eigenvalue weighted by Gasteiger charge is 2.54. The van der Waals surface area contributed by atoms with Crippen LogP contribution in [0.1, 0.15) is 24.0 Å². The van der Waals surface area contributed by atoms with Crippen LogP contribution in [0.25, 0.3) is 0 Å². The number of aliphatic hydroxyl groups is 2. The van der Waals surface area contributed by atoms with Crippen molar-refractivity contribution in [3.8, 4) is 0 Å². The molecule has 0 spiro atoms. The Morgan fingerprint density at radius 3 is 1.88 bits per heavy atom. The van der Waals surface area contributed by atoms with E-state index in [9.17, 15) is 10.2 Å². The first-order valence-electron chi connectivity index (χ1n) is 9.47. The lowest BCUT2D eigenvalue weighted by Crippen LogP contribution is -2.66. The van der Waals surface area contributed by atoms with Crippen LogP contribution in [0.2, 0.25) is 0 Å². The van der Waals surface area contributed by atoms with E-state index in [0.717, 1.165) is 54.6 Å². The number of rotatable bonds is 5. The van der Waals surface area contributed by atoms with E-state index in [2.05, 4.69) is 24.3 Å². The number of quaternary nitrogens is 1. The van der Waals surface area contributed by atoms with Crippen molar-refractivity contribution in [1.29, 1.82) is 0 Å². The SMILES string of the molecule is OCC[N+]12CCC(CC1)[C@@H](C(O)(c1ccccc1)c1ccccc1)C2. The summed E-state index contributed by atoms with van der Waals surface area (Å²) >= 11 is 0. The predicted octanol–water partition coefficient (Wildman–Crippen LogP) is 2.77. The quantitative estimate of drug-likeness (QED) is 0.823. The van der Waals surface area contributed by atoms with E-state index in [0.29, 0.717) is 5.92 Å². The first kappa shape index (κ1) is 16.8. The second-order valence-corrected chi connectivity index (χ2v) is 7.86. The summed E-state index contributed by atoms with van der Waals surface area (Å²) in [5.74, 6) is 0.732. The first-order chi connectivity index (χ1) is 12.2. The van der Waals surface area contributed by atoms with Crippen LogP contribution < -0.4 is 0 Å². The lowest BCUT2D eigenvalue weighted by molar-refractivity contribution is -0.948. The lowest BCUT2D eigenvalue weighted by Gasteiger charge is -2.56. The number of hydrogen-bond acceptors (Lipinski definition) is 2. The van der Waals surface area contributed by atoms with Crippen molar-refractivity contribution in [1.82, 2.24) is 0 Å². The Kier molecular flexibility index (Phi) is 4.40. The van der Waals surface area contributed by atoms with Gasteiger partial charge in [0.15, 0.2) is 0 Å². The Labute approximate surface area is 150 Å². The smallest absolute Gasteiger partial charge is 0.123 e. The lowest BCUT2D eigenvalue weighted by atomic mass is 9.64. The summed E-state index contributed by atoms with van der Waals surface area (Å²) in [6.07, 6.45) is 2.29. The Hall–Kier alpha value is -1.68. The summed E-state index contributed by atoms with van der Waals surface area (Å²) in [6.45, 7) is 4.27. The molecule has 0 unspecified atom stereocenters. The van der Waals surface area contributed by atoms with Gasteiger partial charge in [-0.05, 0) is 17.0 Å². The normalized spacial score (nSPS) is 28.9. The third kappa shape index (κ3) is 2.80. The second-order valence-electron chi connectivity index (χ2n) is 7.86. The van der Waals surface area contributed by atoms with E-state index in [-0.39, 0.29) is 12.5 Å². The highest BCUT2D eigenvalue weighted by Crippen LogP contribution is 2.49. The van der Waals surface area contributed by atoms with Crippen LogP contribution in [0.15, 0.2) is 60.7 Å². The van der Waals surface area contributed by atoms with E-state index in [4.69, 9.17) is 0 Å². The Balaban J connectivity index is 1.79. The van der Waals surface area contributed by atoms with Crippen molar-refractivity contribution in [3.05, 3.63) is 71.8 Å². The third-order valence-electron chi connectivity index (χ3n) is 6.64. The number of hydrogen-bond donors (Lipinski definition) is 2. The van der Waals surface area contributed by atoms with Gasteiger partial charge in [-0.1, -0.05) is 60.7 Å². The van der Waals surface area contributed by atoms with Crippen molar-refractivity contribution in [3.63, 3.8) is 0 Å². The molecule has 0 aromatic heterocycles. The van der Waals surface area contributed by atoms with E-state index in [1.807, 2.05) is 36.4 Å². The molecule has 3 fully saturated rings. The molecule has 0 amide bonds. The summed E-state index contributed by atoms with van der Waals surface area (Å²) in [6, 6.07) is 20.3. The summed E-state index contributed by atoms with van der Waals surface area (Å²) in [5, 5.41) is 21.7. The van der Waals surface area contributed by atoms with Gasteiger partial charge in [-0.25, -0.2) is 0 Å². The van der Waals surface area contributed by atoms with E-state index >= 15 is 0 Å². The van der Waals surface area contributed by atoms with E-state index < -0.39 is 5.60 Å². The van der Waals surface area contributed by atoms with Crippen LogP contribution in [0.5, 0.6) is 0 Å². The Morgan fingerprint density at radius 2 is 1.40 bits per heavy atom. The first-order valence-corrected chi connectivity index (χ1v) is 9.47. The topological polar surface area (TPSA) is 40.5 Å². The van der Waals surface area contributed by atoms with Gasteiger partial charge in [0, 0.05) is 18.8 Å². The molecule has 2 N–H and O–H groups in total. The number of fused-ring (bicyclic) bond motifs is 3. The molecule has 132 valence electrons. The maximum atomic E-state index is 12.1. The molecule has 5 rings (SSSR count). The van der Waals surface area contributed by atoms with Crippen LogP contribution in [-0.4, -0.2) is 47.5 Å². The van der Waals surface area contributed by atoms with Gasteiger partial charge in [0.1, 0.15) is 12.1 Å². The van der Waals surface area contributed by atoms with Gasteiger partial charge in [-0.2, -0.15) is 0 Å². The van der Waals surface area contributed by atoms with Gasteiger partial charge in [-0.15, -0.1) is 0 Å². The maximum Gasteiger partial charge on any atom is 0.123 e. The zero-order valence-electron chi connectivity index (χ0n) is 14.7. The molecule has 0 aliphatic carbocycles. The van der Waals surface area contributed by atoms with Crippen molar-refractivity contribution >= 4 is 0 Å². The van der Waals surface area contributed by atoms with Crippen molar-refractivity contribution < 1.29 is 14.7 Å². The van der Waals surface area contributed by atoms with Crippen molar-refractivity contribution in [2.75, 3.05) is 32.8 Å². The monoisotopic (exact) mass is 338 g/mol. The van der Waals surface area contributed by atoms with Gasteiger partial charge < -0.3 is 14.7 Å². The summed E-state index contributed by atoms with van der Waals surface area (Å²) in [4.78, 5) is 0. The van der Waals surface area contributed by atoms with E-state index in [1.165, 1.54) is 0 Å². The van der Waals surface area contributed by atoms with Gasteiger partial charge in [0.25, 0.3) is 0 Å². The molecule has 2 aromatic rings. The average Bonchev–Trinajstić information content (AvgIpc) is 2.69. The zero-order chi connectivity index (χ0) is 17.3. The van der Waals surface area contributed by atoms with Crippen LogP contribution in [0.3, 0.4) is 0 Å². The molecule has 2 aromatic carbocycles. The summed E-state index contributed by atoms with van der Waals surface area (Å²) < 4.78 is 0.958. The van der Waals surface area contributed by atoms with E-state index in [1.54, 1.807) is 0 Å². The second kappa shape index (κ2) is 6.56. The third-order valence-corrected chi connectivity index (χ3v) is 6.64. The molecule has 2 bridgehead atoms. The summed E-state index contributed by atoms with van der Waals surface area (Å²) in [5.41, 5.74) is 1.01. The van der Waals surface area contributed by atoms with Gasteiger partial charge in [0.2, 0.25) is 0 Å². The molecule has 3 aliphatic heterocycles. The molecule has 3 heterocycles. The molecule has 3 saturated heterocycles. The number of aliphatic hydroxyl groups excluding tert-OH is 1. The molecule has 25 heavy (non-hydrogen) atoms. The minimum absolute atomic E-state index is 0.186. The Morgan fingerprint density at radius 1 is 0.880 bits per heavy atom. The average molecular weight is 338 g/mol. The van der Waals surface area contributed by atoms with Gasteiger partial charge >= 0.3 is 0 Å². The number of nitrogens with zero attached hydrogens (tertiary/aromatic N) is 1. The molecular weight excluding hydrogens is 310 g/mol. The highest BCUT2D eigenvalue weighted by atomic mass is 16.3. The summed E-state index contributed by atoms with van der Waals surface area (Å²) in [7, 11) is 0. The molecule has 3 aliphatic rings. The van der Waals surface area contributed by atoms with Crippen LogP contribution in [0, 0.1) is 11.8 Å². The molecule has 1 atom stereocenters. The van der Waals surface area contributed by atoms with Gasteiger partial charge in [-0.3, -0.25) is 0 Å². The number of benzene rings is 2. The predicted molar refractivity (Wildman–Crippen MR) is 98.9 cm³/mol. The minimum Gasteiger partial charge on any atom is -0.391 e. The number of piperidine rings is 3. The molecule has 0 radical (unpaired) electrons. The standard InChI is InChI=1S/C22H28NO2/c24-16-15-23-13-11-18(12-14-23)21(17-23)22(25,19-7-3-1-4-8-19)20-9-5-2-6-10-20/h1-10,18,21,24-25H,11-17H2/q+1/t18?,21-,23?/m0/s1. The Bertz CT molecular complexity index is 647. The zero-order valence-corrected chi connectivity index (χ0v) is 14.7. The van der Waals surface area contributed by atoms with Crippen LogP contribution in [0.4, 0.5) is 0 Å². The molecule has 3 nitrogen and oxygen atoms in total. The van der Waals surface area contributed by atoms with Crippen LogP contribution in [-0.2, 0) is 5.60 Å². The molecule has 3 heteroatoms. The van der Waals surface area contributed by atoms with Crippen molar-refractivity contribution in [2.45, 2.75) is 18.4 Å². The van der Waals surface area contributed by atoms with Crippen molar-refractivity contribution in [2.24, 2.45) is 11.8 Å². The fourth-order valence-electron chi connectivity index (χ4n) is 5.27. The van der Waals surface area contributed by atoms with Crippen LogP contribution >= 0.6 is 0 Å². The minimum atomic E-state index is -0.965. The van der Waals surface area contributed by atoms with Gasteiger partial charge in [0.05, 0.1) is 26.2 Å². The fraction of sp³-hybridized carbons (Fsp3) is 0.455. The molecular formula is C22H28NO2+. The fourth-order valence-corrected chi connectivity index (χ4v) is 5.27.